The van der Waals surface area contributed by atoms with E-state index in [4.69, 9.17) is 21.6 Å². The molecule has 0 bridgehead atoms. The lowest BCUT2D eigenvalue weighted by Crippen LogP contribution is -2.12. The average Bonchev–Trinajstić information content (AvgIpc) is 2.38. The summed E-state index contributed by atoms with van der Waals surface area (Å²) < 4.78 is 33.6. The number of hydrogen-bond donors (Lipinski definition) is 0. The van der Waals surface area contributed by atoms with Gasteiger partial charge in [0.1, 0.15) is 11.6 Å². The molecule has 1 rings (SSSR count). The Kier molecular flexibility index (Phi) is 5.52. The minimum atomic E-state index is -3.15. The number of benzene rings is 1. The lowest BCUT2D eigenvalue weighted by atomic mass is 10.1. The van der Waals surface area contributed by atoms with Crippen molar-refractivity contribution in [1.82, 2.24) is 0 Å². The SMILES string of the molecule is CCOC(=O)c1cc(CCl)cc(C#N)c1OC(F)F. The quantitative estimate of drug-likeness (QED) is 0.617. The molecular weight excluding hydrogens is 280 g/mol. The summed E-state index contributed by atoms with van der Waals surface area (Å²) in [5, 5.41) is 8.92. The van der Waals surface area contributed by atoms with Crippen LogP contribution in [-0.4, -0.2) is 19.2 Å². The van der Waals surface area contributed by atoms with Gasteiger partial charge in [0.15, 0.2) is 5.75 Å². The van der Waals surface area contributed by atoms with Crippen LogP contribution < -0.4 is 4.74 Å². The third-order valence-corrected chi connectivity index (χ3v) is 2.43. The Bertz CT molecular complexity index is 514. The van der Waals surface area contributed by atoms with Crippen LogP contribution in [0.3, 0.4) is 0 Å². The maximum absolute atomic E-state index is 12.3. The molecule has 0 heterocycles. The van der Waals surface area contributed by atoms with Crippen molar-refractivity contribution in [1.29, 1.82) is 5.26 Å². The number of nitriles is 1. The van der Waals surface area contributed by atoms with E-state index in [9.17, 15) is 13.6 Å². The Hall–Kier alpha value is -1.87. The van der Waals surface area contributed by atoms with Gasteiger partial charge in [0, 0.05) is 5.88 Å². The lowest BCUT2D eigenvalue weighted by molar-refractivity contribution is -0.0506. The minimum Gasteiger partial charge on any atom is -0.462 e. The van der Waals surface area contributed by atoms with Gasteiger partial charge in [0.05, 0.1) is 12.2 Å². The average molecular weight is 290 g/mol. The second-order valence-electron chi connectivity index (χ2n) is 3.36. The summed E-state index contributed by atoms with van der Waals surface area (Å²) in [5.41, 5.74) is 0.00115. The Balaban J connectivity index is 3.37. The second-order valence-corrected chi connectivity index (χ2v) is 3.63. The molecule has 19 heavy (non-hydrogen) atoms. The molecule has 0 saturated heterocycles. The first-order valence-electron chi connectivity index (χ1n) is 5.28. The van der Waals surface area contributed by atoms with Crippen molar-refractivity contribution in [2.45, 2.75) is 19.4 Å². The smallest absolute Gasteiger partial charge is 0.387 e. The number of alkyl halides is 3. The van der Waals surface area contributed by atoms with Gasteiger partial charge < -0.3 is 9.47 Å². The number of carbonyl (C=O) groups is 1. The number of esters is 1. The summed E-state index contributed by atoms with van der Waals surface area (Å²) in [6.07, 6.45) is 0. The fourth-order valence-corrected chi connectivity index (χ4v) is 1.58. The first-order valence-corrected chi connectivity index (χ1v) is 5.81. The van der Waals surface area contributed by atoms with Crippen LogP contribution in [0.15, 0.2) is 12.1 Å². The van der Waals surface area contributed by atoms with Crippen LogP contribution in [0, 0.1) is 11.3 Å². The number of ether oxygens (including phenoxy) is 2. The molecule has 4 nitrogen and oxygen atoms in total. The fraction of sp³-hybridized carbons (Fsp3) is 0.333. The summed E-state index contributed by atoms with van der Waals surface area (Å²) in [7, 11) is 0. The van der Waals surface area contributed by atoms with Gasteiger partial charge in [0.25, 0.3) is 0 Å². The Labute approximate surface area is 113 Å². The topological polar surface area (TPSA) is 59.3 Å². The van der Waals surface area contributed by atoms with Crippen LogP contribution >= 0.6 is 11.6 Å². The predicted octanol–water partition coefficient (Wildman–Crippen LogP) is 3.08. The maximum atomic E-state index is 12.3. The number of carbonyl (C=O) groups excluding carboxylic acids is 1. The van der Waals surface area contributed by atoms with Crippen molar-refractivity contribution < 1.29 is 23.0 Å². The van der Waals surface area contributed by atoms with E-state index in [1.807, 2.05) is 0 Å². The largest absolute Gasteiger partial charge is 0.462 e. The van der Waals surface area contributed by atoms with E-state index < -0.39 is 18.3 Å². The molecule has 0 amide bonds. The molecule has 0 aliphatic carbocycles. The highest BCUT2D eigenvalue weighted by Gasteiger charge is 2.22. The summed E-state index contributed by atoms with van der Waals surface area (Å²) >= 11 is 5.62. The van der Waals surface area contributed by atoms with E-state index in [0.29, 0.717) is 5.56 Å². The van der Waals surface area contributed by atoms with Gasteiger partial charge in [-0.2, -0.15) is 14.0 Å². The van der Waals surface area contributed by atoms with E-state index >= 15 is 0 Å². The first-order chi connectivity index (χ1) is 9.03. The highest BCUT2D eigenvalue weighted by Crippen LogP contribution is 2.28. The fourth-order valence-electron chi connectivity index (χ4n) is 1.43. The zero-order chi connectivity index (χ0) is 14.4. The van der Waals surface area contributed by atoms with E-state index in [1.54, 1.807) is 13.0 Å². The lowest BCUT2D eigenvalue weighted by Gasteiger charge is -2.12. The molecule has 0 aromatic heterocycles. The zero-order valence-electron chi connectivity index (χ0n) is 9.95. The highest BCUT2D eigenvalue weighted by molar-refractivity contribution is 6.17. The van der Waals surface area contributed by atoms with Gasteiger partial charge in [0.2, 0.25) is 0 Å². The molecule has 0 aliphatic heterocycles. The normalized spacial score (nSPS) is 10.1. The van der Waals surface area contributed by atoms with Crippen molar-refractivity contribution in [3.63, 3.8) is 0 Å². The van der Waals surface area contributed by atoms with Crippen molar-refractivity contribution in [3.8, 4) is 11.8 Å². The molecule has 0 N–H and O–H groups in total. The molecule has 0 radical (unpaired) electrons. The highest BCUT2D eigenvalue weighted by atomic mass is 35.5. The Morgan fingerprint density at radius 2 is 2.21 bits per heavy atom. The number of nitrogens with zero attached hydrogens (tertiary/aromatic N) is 1. The van der Waals surface area contributed by atoms with E-state index in [-0.39, 0.29) is 23.6 Å². The van der Waals surface area contributed by atoms with Gasteiger partial charge in [-0.05, 0) is 24.6 Å². The third-order valence-electron chi connectivity index (χ3n) is 2.13. The summed E-state index contributed by atoms with van der Waals surface area (Å²) in [4.78, 5) is 11.7. The molecule has 1 aromatic rings. The van der Waals surface area contributed by atoms with Crippen molar-refractivity contribution >= 4 is 17.6 Å². The van der Waals surface area contributed by atoms with E-state index in [1.165, 1.54) is 12.1 Å². The minimum absolute atomic E-state index is 0.0239. The molecule has 0 saturated carbocycles. The maximum Gasteiger partial charge on any atom is 0.387 e. The molecular formula is C12H10ClF2NO3. The van der Waals surface area contributed by atoms with Crippen LogP contribution in [0.2, 0.25) is 0 Å². The first kappa shape index (κ1) is 15.2. The number of halogens is 3. The van der Waals surface area contributed by atoms with Crippen LogP contribution in [0.1, 0.15) is 28.4 Å². The molecule has 0 fully saturated rings. The van der Waals surface area contributed by atoms with Crippen molar-refractivity contribution in [3.05, 3.63) is 28.8 Å². The monoisotopic (exact) mass is 289 g/mol. The molecule has 102 valence electrons. The molecule has 0 spiro atoms. The molecule has 1 aromatic carbocycles. The van der Waals surface area contributed by atoms with Gasteiger partial charge >= 0.3 is 12.6 Å². The molecule has 0 aliphatic rings. The Morgan fingerprint density at radius 3 is 2.68 bits per heavy atom. The van der Waals surface area contributed by atoms with Gasteiger partial charge in [-0.25, -0.2) is 4.79 Å². The van der Waals surface area contributed by atoms with Crippen molar-refractivity contribution in [2.75, 3.05) is 6.61 Å². The van der Waals surface area contributed by atoms with Crippen LogP contribution in [-0.2, 0) is 10.6 Å². The van der Waals surface area contributed by atoms with Crippen LogP contribution in [0.25, 0.3) is 0 Å². The van der Waals surface area contributed by atoms with Gasteiger partial charge in [-0.15, -0.1) is 11.6 Å². The van der Waals surface area contributed by atoms with Gasteiger partial charge in [-0.1, -0.05) is 0 Å². The second kappa shape index (κ2) is 6.90. The van der Waals surface area contributed by atoms with Crippen molar-refractivity contribution in [2.24, 2.45) is 0 Å². The van der Waals surface area contributed by atoms with Crippen LogP contribution in [0.5, 0.6) is 5.75 Å². The third kappa shape index (κ3) is 3.80. The standard InChI is InChI=1S/C12H10ClF2NO3/c1-2-18-11(17)9-4-7(5-13)3-8(6-16)10(9)19-12(14)15/h3-4,12H,2,5H2,1H3. The summed E-state index contributed by atoms with van der Waals surface area (Å²) in [5.74, 6) is -1.32. The molecule has 7 heteroatoms. The predicted molar refractivity (Wildman–Crippen MR) is 63.3 cm³/mol. The van der Waals surface area contributed by atoms with E-state index in [0.717, 1.165) is 0 Å². The molecule has 0 unspecified atom stereocenters. The van der Waals surface area contributed by atoms with Crippen LogP contribution in [0.4, 0.5) is 8.78 Å². The van der Waals surface area contributed by atoms with Gasteiger partial charge in [-0.3, -0.25) is 0 Å². The Morgan fingerprint density at radius 1 is 1.53 bits per heavy atom. The summed E-state index contributed by atoms with van der Waals surface area (Å²) in [6.45, 7) is -1.51. The summed E-state index contributed by atoms with van der Waals surface area (Å²) in [6, 6.07) is 4.24. The van der Waals surface area contributed by atoms with E-state index in [2.05, 4.69) is 4.74 Å². The zero-order valence-corrected chi connectivity index (χ0v) is 10.7. The molecule has 0 atom stereocenters. The number of rotatable bonds is 5. The number of hydrogen-bond acceptors (Lipinski definition) is 4.